The first kappa shape index (κ1) is 13.8. The van der Waals surface area contributed by atoms with Gasteiger partial charge in [0.1, 0.15) is 5.75 Å². The average molecular weight is 257 g/mol. The van der Waals surface area contributed by atoms with Gasteiger partial charge in [0.15, 0.2) is 0 Å². The second-order valence-corrected chi connectivity index (χ2v) is 4.05. The summed E-state index contributed by atoms with van der Waals surface area (Å²) in [7, 11) is 0. The number of aryl methyl sites for hydroxylation is 1. The maximum Gasteiger partial charge on any atom is 0.240 e. The molecule has 0 radical (unpaired) electrons. The summed E-state index contributed by atoms with van der Waals surface area (Å²) in [5, 5.41) is 2.77. The van der Waals surface area contributed by atoms with Gasteiger partial charge in [-0.3, -0.25) is 4.79 Å². The molecule has 0 fully saturated rings. The van der Waals surface area contributed by atoms with E-state index >= 15 is 0 Å². The van der Waals surface area contributed by atoms with Gasteiger partial charge in [-0.25, -0.2) is 0 Å². The minimum atomic E-state index is -0.493. The predicted octanol–water partition coefficient (Wildman–Crippen LogP) is 1.72. The highest BCUT2D eigenvalue weighted by Gasteiger charge is 2.12. The molecule has 1 aromatic carbocycles. The Morgan fingerprint density at radius 3 is 3.00 bits per heavy atom. The van der Waals surface area contributed by atoms with Crippen LogP contribution in [-0.2, 0) is 11.2 Å². The van der Waals surface area contributed by atoms with E-state index in [0.29, 0.717) is 0 Å². The summed E-state index contributed by atoms with van der Waals surface area (Å²) in [5.41, 5.74) is 7.42. The van der Waals surface area contributed by atoms with Gasteiger partial charge < -0.3 is 15.8 Å². The van der Waals surface area contributed by atoms with Crippen molar-refractivity contribution in [3.63, 3.8) is 0 Å². The van der Waals surface area contributed by atoms with Gasteiger partial charge >= 0.3 is 0 Å². The number of carbonyl (C=O) groups excluding carboxylic acids is 1. The molecule has 0 bridgehead atoms. The molecule has 0 saturated heterocycles. The summed E-state index contributed by atoms with van der Waals surface area (Å²) in [5.74, 6) is 0.752. The van der Waals surface area contributed by atoms with E-state index in [1.165, 1.54) is 0 Å². The van der Waals surface area contributed by atoms with E-state index in [1.807, 2.05) is 18.2 Å². The minimum Gasteiger partial charge on any atom is -0.493 e. The Hall–Kier alpha value is -1.26. The molecule has 0 aliphatic carbocycles. The molecule has 1 atom stereocenters. The van der Waals surface area contributed by atoms with Gasteiger partial charge in [-0.05, 0) is 43.5 Å². The van der Waals surface area contributed by atoms with Crippen molar-refractivity contribution in [3.05, 3.63) is 23.8 Å². The zero-order valence-corrected chi connectivity index (χ0v) is 10.5. The van der Waals surface area contributed by atoms with E-state index in [0.717, 1.165) is 36.4 Å². The molecule has 2 rings (SSSR count). The molecule has 1 aliphatic heterocycles. The highest BCUT2D eigenvalue weighted by atomic mass is 35.5. The Labute approximate surface area is 107 Å². The molecule has 94 valence electrons. The number of nitrogens with one attached hydrogen (secondary N) is 1. The average Bonchev–Trinajstić information content (AvgIpc) is 2.28. The van der Waals surface area contributed by atoms with Crippen molar-refractivity contribution in [1.82, 2.24) is 0 Å². The Morgan fingerprint density at radius 2 is 2.29 bits per heavy atom. The summed E-state index contributed by atoms with van der Waals surface area (Å²) in [4.78, 5) is 11.4. The van der Waals surface area contributed by atoms with Crippen LogP contribution in [0.3, 0.4) is 0 Å². The first-order valence-corrected chi connectivity index (χ1v) is 5.49. The van der Waals surface area contributed by atoms with Crippen molar-refractivity contribution in [1.29, 1.82) is 0 Å². The fourth-order valence-corrected chi connectivity index (χ4v) is 1.69. The standard InChI is InChI=1S/C12H16N2O2.ClH/c1-8(13)12(15)14-10-4-5-11-9(7-10)3-2-6-16-11;/h4-5,7-8H,2-3,6,13H2,1H3,(H,14,15);1H/t8-;/m1./s1. The molecular weight excluding hydrogens is 240 g/mol. The van der Waals surface area contributed by atoms with Crippen molar-refractivity contribution in [3.8, 4) is 5.75 Å². The molecule has 0 spiro atoms. The normalized spacial score (nSPS) is 14.9. The molecular formula is C12H17ClN2O2. The smallest absolute Gasteiger partial charge is 0.240 e. The van der Waals surface area contributed by atoms with Crippen molar-refractivity contribution in [2.24, 2.45) is 5.73 Å². The SMILES string of the molecule is C[C@@H](N)C(=O)Nc1ccc2c(c1)CCCO2.Cl. The first-order chi connectivity index (χ1) is 7.66. The van der Waals surface area contributed by atoms with Crippen LogP contribution in [0, 0.1) is 0 Å². The monoisotopic (exact) mass is 256 g/mol. The van der Waals surface area contributed by atoms with Gasteiger partial charge in [0.05, 0.1) is 12.6 Å². The van der Waals surface area contributed by atoms with E-state index in [4.69, 9.17) is 10.5 Å². The van der Waals surface area contributed by atoms with Crippen LogP contribution < -0.4 is 15.8 Å². The highest BCUT2D eigenvalue weighted by molar-refractivity contribution is 5.94. The van der Waals surface area contributed by atoms with Crippen LogP contribution in [0.25, 0.3) is 0 Å². The lowest BCUT2D eigenvalue weighted by Gasteiger charge is -2.18. The number of hydrogen-bond acceptors (Lipinski definition) is 3. The topological polar surface area (TPSA) is 64.4 Å². The van der Waals surface area contributed by atoms with Crippen LogP contribution >= 0.6 is 12.4 Å². The van der Waals surface area contributed by atoms with E-state index < -0.39 is 6.04 Å². The maximum absolute atomic E-state index is 11.4. The Bertz CT molecular complexity index is 407. The molecule has 0 saturated carbocycles. The van der Waals surface area contributed by atoms with E-state index in [1.54, 1.807) is 6.92 Å². The summed E-state index contributed by atoms with van der Waals surface area (Å²) >= 11 is 0. The van der Waals surface area contributed by atoms with Gasteiger partial charge in [-0.1, -0.05) is 0 Å². The summed E-state index contributed by atoms with van der Waals surface area (Å²) in [6.07, 6.45) is 2.02. The summed E-state index contributed by atoms with van der Waals surface area (Å²) in [6.45, 7) is 2.44. The Balaban J connectivity index is 0.00000144. The van der Waals surface area contributed by atoms with Crippen molar-refractivity contribution >= 4 is 24.0 Å². The van der Waals surface area contributed by atoms with Crippen LogP contribution in [0.15, 0.2) is 18.2 Å². The van der Waals surface area contributed by atoms with E-state index in [2.05, 4.69) is 5.32 Å². The number of anilines is 1. The van der Waals surface area contributed by atoms with Crippen molar-refractivity contribution in [2.45, 2.75) is 25.8 Å². The van der Waals surface area contributed by atoms with E-state index in [9.17, 15) is 4.79 Å². The molecule has 4 nitrogen and oxygen atoms in total. The lowest BCUT2D eigenvalue weighted by molar-refractivity contribution is -0.117. The number of amides is 1. The molecule has 3 N–H and O–H groups in total. The number of carbonyl (C=O) groups is 1. The molecule has 0 unspecified atom stereocenters. The van der Waals surface area contributed by atoms with Crippen molar-refractivity contribution in [2.75, 3.05) is 11.9 Å². The van der Waals surface area contributed by atoms with Crippen LogP contribution in [0.1, 0.15) is 18.9 Å². The molecule has 1 amide bonds. The molecule has 1 aliphatic rings. The quantitative estimate of drug-likeness (QED) is 0.847. The Kier molecular flexibility index (Phi) is 4.78. The number of hydrogen-bond donors (Lipinski definition) is 2. The predicted molar refractivity (Wildman–Crippen MR) is 69.8 cm³/mol. The van der Waals surface area contributed by atoms with Gasteiger partial charge in [0.2, 0.25) is 5.91 Å². The number of ether oxygens (including phenoxy) is 1. The van der Waals surface area contributed by atoms with Crippen LogP contribution in [0.2, 0.25) is 0 Å². The van der Waals surface area contributed by atoms with Crippen molar-refractivity contribution < 1.29 is 9.53 Å². The van der Waals surface area contributed by atoms with Crippen LogP contribution in [0.4, 0.5) is 5.69 Å². The molecule has 17 heavy (non-hydrogen) atoms. The molecule has 5 heteroatoms. The highest BCUT2D eigenvalue weighted by Crippen LogP contribution is 2.27. The third-order valence-corrected chi connectivity index (χ3v) is 2.59. The minimum absolute atomic E-state index is 0. The fraction of sp³-hybridized carbons (Fsp3) is 0.417. The zero-order chi connectivity index (χ0) is 11.5. The number of nitrogens with two attached hydrogens (primary N) is 1. The van der Waals surface area contributed by atoms with Crippen LogP contribution in [-0.4, -0.2) is 18.6 Å². The maximum atomic E-state index is 11.4. The third kappa shape index (κ3) is 3.35. The van der Waals surface area contributed by atoms with Gasteiger partial charge in [-0.2, -0.15) is 0 Å². The Morgan fingerprint density at radius 1 is 1.53 bits per heavy atom. The molecule has 0 aromatic heterocycles. The van der Waals surface area contributed by atoms with Gasteiger partial charge in [-0.15, -0.1) is 12.4 Å². The fourth-order valence-electron chi connectivity index (χ4n) is 1.69. The third-order valence-electron chi connectivity index (χ3n) is 2.59. The number of rotatable bonds is 2. The number of fused-ring (bicyclic) bond motifs is 1. The number of halogens is 1. The summed E-state index contributed by atoms with van der Waals surface area (Å²) < 4.78 is 5.49. The number of benzene rings is 1. The lowest BCUT2D eigenvalue weighted by Crippen LogP contribution is -2.32. The van der Waals surface area contributed by atoms with Gasteiger partial charge in [0.25, 0.3) is 0 Å². The lowest BCUT2D eigenvalue weighted by atomic mass is 10.1. The largest absolute Gasteiger partial charge is 0.493 e. The van der Waals surface area contributed by atoms with Crippen LogP contribution in [0.5, 0.6) is 5.75 Å². The molecule has 1 aromatic rings. The second kappa shape index (κ2) is 5.89. The summed E-state index contributed by atoms with van der Waals surface area (Å²) in [6, 6.07) is 5.19. The first-order valence-electron chi connectivity index (χ1n) is 5.49. The van der Waals surface area contributed by atoms with Gasteiger partial charge in [0, 0.05) is 5.69 Å². The molecule has 1 heterocycles. The second-order valence-electron chi connectivity index (χ2n) is 4.05. The zero-order valence-electron chi connectivity index (χ0n) is 9.73. The van der Waals surface area contributed by atoms with E-state index in [-0.39, 0.29) is 18.3 Å².